The van der Waals surface area contributed by atoms with Gasteiger partial charge in [0.25, 0.3) is 0 Å². The highest BCUT2D eigenvalue weighted by Crippen LogP contribution is 2.23. The van der Waals surface area contributed by atoms with Gasteiger partial charge in [-0.05, 0) is 12.8 Å². The Morgan fingerprint density at radius 2 is 1.89 bits per heavy atom. The Morgan fingerprint density at radius 3 is 2.47 bits per heavy atom. The molecule has 0 saturated carbocycles. The molecule has 1 aromatic heterocycles. The van der Waals surface area contributed by atoms with E-state index in [9.17, 15) is 9.59 Å². The molecule has 0 spiro atoms. The number of aromatic nitrogens is 3. The van der Waals surface area contributed by atoms with Gasteiger partial charge in [-0.1, -0.05) is 5.21 Å². The molecule has 102 valence electrons. The van der Waals surface area contributed by atoms with E-state index in [4.69, 9.17) is 5.11 Å². The molecule has 3 rings (SSSR count). The van der Waals surface area contributed by atoms with Gasteiger partial charge in [-0.25, -0.2) is 14.3 Å². The summed E-state index contributed by atoms with van der Waals surface area (Å²) in [5.41, 5.74) is -0.0654. The van der Waals surface area contributed by atoms with Crippen molar-refractivity contribution in [2.45, 2.75) is 18.9 Å². The number of amides is 2. The number of rotatable bonds is 2. The van der Waals surface area contributed by atoms with Crippen LogP contribution in [0.15, 0.2) is 6.20 Å². The normalized spacial score (nSPS) is 19.6. The second kappa shape index (κ2) is 4.52. The van der Waals surface area contributed by atoms with Crippen molar-refractivity contribution >= 4 is 12.0 Å². The zero-order valence-electron chi connectivity index (χ0n) is 10.4. The molecule has 1 N–H and O–H groups in total. The van der Waals surface area contributed by atoms with Crippen LogP contribution in [0.25, 0.3) is 0 Å². The van der Waals surface area contributed by atoms with Crippen LogP contribution in [0.3, 0.4) is 0 Å². The maximum absolute atomic E-state index is 12.0. The maximum Gasteiger partial charge on any atom is 0.358 e. The summed E-state index contributed by atoms with van der Waals surface area (Å²) in [6.07, 6.45) is 3.56. The third kappa shape index (κ3) is 2.13. The van der Waals surface area contributed by atoms with Gasteiger partial charge in [0.2, 0.25) is 0 Å². The summed E-state index contributed by atoms with van der Waals surface area (Å²) in [4.78, 5) is 26.4. The highest BCUT2D eigenvalue weighted by molar-refractivity contribution is 5.84. The third-order valence-electron chi connectivity index (χ3n) is 3.61. The minimum Gasteiger partial charge on any atom is -0.476 e. The SMILES string of the molecule is O=C(O)c1cn(C2CN(C(=O)N3CCCC3)C2)nn1. The van der Waals surface area contributed by atoms with Gasteiger partial charge >= 0.3 is 12.0 Å². The Bertz CT molecular complexity index is 502. The lowest BCUT2D eigenvalue weighted by molar-refractivity contribution is 0.0689. The summed E-state index contributed by atoms with van der Waals surface area (Å²) < 4.78 is 1.53. The molecule has 8 heteroatoms. The van der Waals surface area contributed by atoms with E-state index >= 15 is 0 Å². The molecule has 1 aromatic rings. The number of carbonyl (C=O) groups is 2. The van der Waals surface area contributed by atoms with E-state index < -0.39 is 5.97 Å². The monoisotopic (exact) mass is 265 g/mol. The van der Waals surface area contributed by atoms with Crippen LogP contribution in [0.2, 0.25) is 0 Å². The fraction of sp³-hybridized carbons (Fsp3) is 0.636. The molecule has 2 amide bonds. The van der Waals surface area contributed by atoms with Crippen LogP contribution in [-0.2, 0) is 0 Å². The van der Waals surface area contributed by atoms with Crippen molar-refractivity contribution < 1.29 is 14.7 Å². The van der Waals surface area contributed by atoms with Crippen LogP contribution in [0.1, 0.15) is 29.4 Å². The molecular formula is C11H15N5O3. The van der Waals surface area contributed by atoms with Crippen LogP contribution >= 0.6 is 0 Å². The predicted octanol–water partition coefficient (Wildman–Crippen LogP) is 0.0488. The number of carboxylic acid groups (broad SMARTS) is 1. The molecule has 0 aliphatic carbocycles. The van der Waals surface area contributed by atoms with Gasteiger partial charge in [0, 0.05) is 26.2 Å². The highest BCUT2D eigenvalue weighted by atomic mass is 16.4. The summed E-state index contributed by atoms with van der Waals surface area (Å²) >= 11 is 0. The Morgan fingerprint density at radius 1 is 1.21 bits per heavy atom. The molecule has 0 bridgehead atoms. The molecule has 2 aliphatic rings. The minimum atomic E-state index is -1.09. The molecule has 19 heavy (non-hydrogen) atoms. The molecule has 8 nitrogen and oxygen atoms in total. The lowest BCUT2D eigenvalue weighted by atomic mass is 10.1. The standard InChI is InChI=1S/C11H15N5O3/c17-10(18)9-7-16(13-12-9)8-5-15(6-8)11(19)14-3-1-2-4-14/h7-8H,1-6H2,(H,17,18). The van der Waals surface area contributed by atoms with Crippen LogP contribution in [-0.4, -0.2) is 68.1 Å². The van der Waals surface area contributed by atoms with Crippen LogP contribution < -0.4 is 0 Å². The molecule has 2 fully saturated rings. The first-order valence-electron chi connectivity index (χ1n) is 6.34. The molecule has 0 unspecified atom stereocenters. The van der Waals surface area contributed by atoms with Gasteiger partial charge < -0.3 is 14.9 Å². The van der Waals surface area contributed by atoms with Crippen molar-refractivity contribution in [3.05, 3.63) is 11.9 Å². The van der Waals surface area contributed by atoms with Gasteiger partial charge in [0.05, 0.1) is 12.2 Å². The summed E-state index contributed by atoms with van der Waals surface area (Å²) in [5, 5.41) is 16.1. The lowest BCUT2D eigenvalue weighted by Crippen LogP contribution is -2.54. The topological polar surface area (TPSA) is 91.6 Å². The molecular weight excluding hydrogens is 250 g/mol. The number of aromatic carboxylic acids is 1. The van der Waals surface area contributed by atoms with Crippen molar-refractivity contribution in [1.29, 1.82) is 0 Å². The number of urea groups is 1. The predicted molar refractivity (Wildman–Crippen MR) is 63.8 cm³/mol. The first-order chi connectivity index (χ1) is 9.15. The second-order valence-electron chi connectivity index (χ2n) is 4.92. The summed E-state index contributed by atoms with van der Waals surface area (Å²) in [6.45, 7) is 2.81. The second-order valence-corrected chi connectivity index (χ2v) is 4.92. The van der Waals surface area contributed by atoms with E-state index in [0.717, 1.165) is 25.9 Å². The molecule has 3 heterocycles. The van der Waals surface area contributed by atoms with Crippen LogP contribution in [0.5, 0.6) is 0 Å². The zero-order chi connectivity index (χ0) is 13.4. The fourth-order valence-electron chi connectivity index (χ4n) is 2.44. The number of carboxylic acids is 1. The number of carbonyl (C=O) groups excluding carboxylic acids is 1. The number of likely N-dealkylation sites (tertiary alicyclic amines) is 2. The van der Waals surface area contributed by atoms with Crippen LogP contribution in [0.4, 0.5) is 4.79 Å². The quantitative estimate of drug-likeness (QED) is 0.815. The minimum absolute atomic E-state index is 0.0344. The van der Waals surface area contributed by atoms with Gasteiger partial charge in [0.15, 0.2) is 5.69 Å². The van der Waals surface area contributed by atoms with Crippen molar-refractivity contribution in [1.82, 2.24) is 24.8 Å². The Balaban J connectivity index is 1.56. The van der Waals surface area contributed by atoms with E-state index in [-0.39, 0.29) is 17.8 Å². The summed E-state index contributed by atoms with van der Waals surface area (Å²) in [6, 6.07) is 0.111. The van der Waals surface area contributed by atoms with Crippen molar-refractivity contribution in [3.63, 3.8) is 0 Å². The fourth-order valence-corrected chi connectivity index (χ4v) is 2.44. The molecule has 2 aliphatic heterocycles. The van der Waals surface area contributed by atoms with E-state index in [0.29, 0.717) is 13.1 Å². The Labute approximate surface area is 109 Å². The van der Waals surface area contributed by atoms with Gasteiger partial charge in [0.1, 0.15) is 0 Å². The van der Waals surface area contributed by atoms with Crippen molar-refractivity contribution in [2.75, 3.05) is 26.2 Å². The highest BCUT2D eigenvalue weighted by Gasteiger charge is 2.35. The van der Waals surface area contributed by atoms with Crippen molar-refractivity contribution in [2.24, 2.45) is 0 Å². The largest absolute Gasteiger partial charge is 0.476 e. The number of nitrogens with zero attached hydrogens (tertiary/aromatic N) is 5. The first kappa shape index (κ1) is 11.9. The first-order valence-corrected chi connectivity index (χ1v) is 6.34. The summed E-state index contributed by atoms with van der Waals surface area (Å²) in [5.74, 6) is -1.09. The molecule has 0 aromatic carbocycles. The van der Waals surface area contributed by atoms with E-state index in [1.165, 1.54) is 10.9 Å². The van der Waals surface area contributed by atoms with E-state index in [1.807, 2.05) is 4.90 Å². The smallest absolute Gasteiger partial charge is 0.358 e. The lowest BCUT2D eigenvalue weighted by Gasteiger charge is -2.40. The van der Waals surface area contributed by atoms with Gasteiger partial charge in [-0.3, -0.25) is 0 Å². The molecule has 0 radical (unpaired) electrons. The Hall–Kier alpha value is -2.12. The maximum atomic E-state index is 12.0. The third-order valence-corrected chi connectivity index (χ3v) is 3.61. The number of hydrogen-bond acceptors (Lipinski definition) is 4. The average molecular weight is 265 g/mol. The zero-order valence-corrected chi connectivity index (χ0v) is 10.4. The molecule has 2 saturated heterocycles. The van der Waals surface area contributed by atoms with E-state index in [1.54, 1.807) is 4.90 Å². The molecule has 0 atom stereocenters. The van der Waals surface area contributed by atoms with E-state index in [2.05, 4.69) is 10.3 Å². The van der Waals surface area contributed by atoms with Crippen molar-refractivity contribution in [3.8, 4) is 0 Å². The van der Waals surface area contributed by atoms with Crippen LogP contribution in [0, 0.1) is 0 Å². The summed E-state index contributed by atoms with van der Waals surface area (Å²) in [7, 11) is 0. The Kier molecular flexibility index (Phi) is 2.84. The van der Waals surface area contributed by atoms with Gasteiger partial charge in [-0.2, -0.15) is 0 Å². The van der Waals surface area contributed by atoms with Gasteiger partial charge in [-0.15, -0.1) is 5.10 Å². The number of hydrogen-bond donors (Lipinski definition) is 1. The average Bonchev–Trinajstić information content (AvgIpc) is 2.98.